The SMILES string of the molecule is CN(Cc1c(C(=O)NN)oc2ccccc12)C1CCSC1. The maximum Gasteiger partial charge on any atom is 0.301 e. The molecule has 2 aromatic rings. The van der Waals surface area contributed by atoms with Gasteiger partial charge in [0, 0.05) is 29.3 Å². The van der Waals surface area contributed by atoms with E-state index in [2.05, 4.69) is 17.4 Å². The van der Waals surface area contributed by atoms with Gasteiger partial charge in [-0.05, 0) is 25.3 Å². The van der Waals surface area contributed by atoms with E-state index in [-0.39, 0.29) is 5.91 Å². The van der Waals surface area contributed by atoms with Gasteiger partial charge in [0.05, 0.1) is 0 Å². The van der Waals surface area contributed by atoms with Gasteiger partial charge < -0.3 is 4.42 Å². The Morgan fingerprint density at radius 3 is 3.05 bits per heavy atom. The quantitative estimate of drug-likeness (QED) is 0.513. The maximum absolute atomic E-state index is 12.0. The second-order valence-corrected chi connectivity index (χ2v) is 6.46. The van der Waals surface area contributed by atoms with E-state index in [1.54, 1.807) is 0 Å². The van der Waals surface area contributed by atoms with Crippen LogP contribution in [0.4, 0.5) is 0 Å². The lowest BCUT2D eigenvalue weighted by atomic mass is 10.1. The zero-order valence-electron chi connectivity index (χ0n) is 12.0. The number of carbonyl (C=O) groups is 1. The highest BCUT2D eigenvalue weighted by atomic mass is 32.2. The third-order valence-corrected chi connectivity index (χ3v) is 5.12. The van der Waals surface area contributed by atoms with E-state index in [0.717, 1.165) is 22.3 Å². The molecule has 112 valence electrons. The molecule has 0 aliphatic carbocycles. The average molecular weight is 305 g/mol. The first kappa shape index (κ1) is 14.4. The largest absolute Gasteiger partial charge is 0.451 e. The number of hydrazine groups is 1. The number of nitrogens with zero attached hydrogens (tertiary/aromatic N) is 1. The molecule has 5 nitrogen and oxygen atoms in total. The van der Waals surface area contributed by atoms with Gasteiger partial charge in [-0.3, -0.25) is 15.1 Å². The zero-order valence-corrected chi connectivity index (χ0v) is 12.8. The van der Waals surface area contributed by atoms with Crippen LogP contribution in [-0.2, 0) is 6.54 Å². The Bertz CT molecular complexity index is 649. The number of fused-ring (bicyclic) bond motifs is 1. The van der Waals surface area contributed by atoms with E-state index in [1.165, 1.54) is 12.2 Å². The smallest absolute Gasteiger partial charge is 0.301 e. The van der Waals surface area contributed by atoms with Crippen LogP contribution in [0.1, 0.15) is 22.5 Å². The number of hydrogen-bond acceptors (Lipinski definition) is 5. The normalized spacial score (nSPS) is 18.5. The number of furan rings is 1. The minimum atomic E-state index is -0.379. The van der Waals surface area contributed by atoms with Crippen LogP contribution < -0.4 is 11.3 Å². The molecular weight excluding hydrogens is 286 g/mol. The van der Waals surface area contributed by atoms with Crippen LogP contribution in [0.2, 0.25) is 0 Å². The predicted octanol–water partition coefficient (Wildman–Crippen LogP) is 1.97. The Kier molecular flexibility index (Phi) is 4.19. The maximum atomic E-state index is 12.0. The van der Waals surface area contributed by atoms with Crippen LogP contribution >= 0.6 is 11.8 Å². The summed E-state index contributed by atoms with van der Waals surface area (Å²) in [6.07, 6.45) is 1.19. The number of nitrogens with one attached hydrogen (secondary N) is 1. The van der Waals surface area contributed by atoms with Crippen molar-refractivity contribution in [3.63, 3.8) is 0 Å². The average Bonchev–Trinajstić information content (AvgIpc) is 3.15. The molecule has 1 fully saturated rings. The monoisotopic (exact) mass is 305 g/mol. The minimum Gasteiger partial charge on any atom is -0.451 e. The Morgan fingerprint density at radius 1 is 1.52 bits per heavy atom. The molecule has 21 heavy (non-hydrogen) atoms. The summed E-state index contributed by atoms with van der Waals surface area (Å²) in [5.74, 6) is 7.56. The summed E-state index contributed by atoms with van der Waals surface area (Å²) in [5, 5.41) is 0.980. The van der Waals surface area contributed by atoms with Gasteiger partial charge in [-0.15, -0.1) is 0 Å². The van der Waals surface area contributed by atoms with Crippen molar-refractivity contribution in [2.24, 2.45) is 5.84 Å². The molecule has 6 heteroatoms. The summed E-state index contributed by atoms with van der Waals surface area (Å²) in [6, 6.07) is 8.27. The third kappa shape index (κ3) is 2.79. The summed E-state index contributed by atoms with van der Waals surface area (Å²) in [7, 11) is 2.10. The number of para-hydroxylation sites is 1. The van der Waals surface area contributed by atoms with Crippen molar-refractivity contribution in [3.05, 3.63) is 35.6 Å². The van der Waals surface area contributed by atoms with Gasteiger partial charge >= 0.3 is 5.91 Å². The van der Waals surface area contributed by atoms with E-state index >= 15 is 0 Å². The number of hydrogen-bond donors (Lipinski definition) is 2. The van der Waals surface area contributed by atoms with Crippen molar-refractivity contribution in [1.82, 2.24) is 10.3 Å². The molecule has 2 heterocycles. The standard InChI is InChI=1S/C15H19N3O2S/c1-18(10-6-7-21-9-10)8-12-11-4-2-3-5-13(11)20-14(12)15(19)17-16/h2-5,10H,6-9,16H2,1H3,(H,17,19). The Morgan fingerprint density at radius 2 is 2.33 bits per heavy atom. The molecular formula is C15H19N3O2S. The summed E-state index contributed by atoms with van der Waals surface area (Å²) in [5.41, 5.74) is 3.80. The number of thioether (sulfide) groups is 1. The van der Waals surface area contributed by atoms with Crippen LogP contribution in [0, 0.1) is 0 Å². The molecule has 3 rings (SSSR count). The lowest BCUT2D eigenvalue weighted by molar-refractivity contribution is 0.0925. The molecule has 1 aliphatic heterocycles. The van der Waals surface area contributed by atoms with Crippen molar-refractivity contribution < 1.29 is 9.21 Å². The Hall–Kier alpha value is -1.50. The van der Waals surface area contributed by atoms with Crippen LogP contribution in [0.15, 0.2) is 28.7 Å². The van der Waals surface area contributed by atoms with Crippen molar-refractivity contribution in [1.29, 1.82) is 0 Å². The first-order valence-corrected chi connectivity index (χ1v) is 8.15. The van der Waals surface area contributed by atoms with Gasteiger partial charge in [0.15, 0.2) is 5.76 Å². The van der Waals surface area contributed by atoms with Crippen molar-refractivity contribution in [2.75, 3.05) is 18.6 Å². The highest BCUT2D eigenvalue weighted by Gasteiger charge is 2.25. The molecule has 0 bridgehead atoms. The Labute approximate surface area is 127 Å². The molecule has 1 unspecified atom stereocenters. The van der Waals surface area contributed by atoms with Gasteiger partial charge in [-0.2, -0.15) is 11.8 Å². The molecule has 3 N–H and O–H groups in total. The minimum absolute atomic E-state index is 0.316. The predicted molar refractivity (Wildman–Crippen MR) is 85.1 cm³/mol. The lowest BCUT2D eigenvalue weighted by Gasteiger charge is -2.23. The van der Waals surface area contributed by atoms with E-state index < -0.39 is 0 Å². The number of nitrogens with two attached hydrogens (primary N) is 1. The van der Waals surface area contributed by atoms with E-state index in [1.807, 2.05) is 36.0 Å². The van der Waals surface area contributed by atoms with Crippen molar-refractivity contribution in [3.8, 4) is 0 Å². The highest BCUT2D eigenvalue weighted by Crippen LogP contribution is 2.29. The highest BCUT2D eigenvalue weighted by molar-refractivity contribution is 7.99. The first-order valence-electron chi connectivity index (χ1n) is 7.00. The van der Waals surface area contributed by atoms with Gasteiger partial charge in [0.25, 0.3) is 0 Å². The molecule has 1 aromatic carbocycles. The van der Waals surface area contributed by atoms with E-state index in [4.69, 9.17) is 10.3 Å². The van der Waals surface area contributed by atoms with Crippen LogP contribution in [0.3, 0.4) is 0 Å². The summed E-state index contributed by atoms with van der Waals surface area (Å²) < 4.78 is 5.69. The second kappa shape index (κ2) is 6.09. The molecule has 0 spiro atoms. The van der Waals surface area contributed by atoms with Gasteiger partial charge in [-0.25, -0.2) is 5.84 Å². The fourth-order valence-corrected chi connectivity index (χ4v) is 4.05. The summed E-state index contributed by atoms with van der Waals surface area (Å²) >= 11 is 1.98. The lowest BCUT2D eigenvalue weighted by Crippen LogP contribution is -2.33. The first-order chi connectivity index (χ1) is 10.2. The number of amides is 1. The fraction of sp³-hybridized carbons (Fsp3) is 0.400. The number of benzene rings is 1. The molecule has 0 radical (unpaired) electrons. The molecule has 0 saturated carbocycles. The van der Waals surface area contributed by atoms with Crippen molar-refractivity contribution >= 4 is 28.6 Å². The number of rotatable bonds is 4. The Balaban J connectivity index is 1.96. The van der Waals surface area contributed by atoms with Gasteiger partial charge in [0.2, 0.25) is 0 Å². The number of nitrogen functional groups attached to an aromatic ring is 1. The molecule has 1 amide bonds. The van der Waals surface area contributed by atoms with Crippen LogP contribution in [0.5, 0.6) is 0 Å². The summed E-state index contributed by atoms with van der Waals surface area (Å²) in [4.78, 5) is 14.3. The van der Waals surface area contributed by atoms with E-state index in [9.17, 15) is 4.79 Å². The van der Waals surface area contributed by atoms with Crippen LogP contribution in [0.25, 0.3) is 11.0 Å². The van der Waals surface area contributed by atoms with Crippen LogP contribution in [-0.4, -0.2) is 35.4 Å². The van der Waals surface area contributed by atoms with Gasteiger partial charge in [-0.1, -0.05) is 18.2 Å². The number of carbonyl (C=O) groups excluding carboxylic acids is 1. The molecule has 1 aromatic heterocycles. The van der Waals surface area contributed by atoms with E-state index in [0.29, 0.717) is 18.3 Å². The molecule has 1 atom stereocenters. The fourth-order valence-electron chi connectivity index (χ4n) is 2.75. The second-order valence-electron chi connectivity index (χ2n) is 5.31. The summed E-state index contributed by atoms with van der Waals surface area (Å²) in [6.45, 7) is 0.686. The topological polar surface area (TPSA) is 71.5 Å². The third-order valence-electron chi connectivity index (χ3n) is 3.97. The molecule has 1 saturated heterocycles. The van der Waals surface area contributed by atoms with Gasteiger partial charge in [0.1, 0.15) is 5.58 Å². The zero-order chi connectivity index (χ0) is 14.8. The van der Waals surface area contributed by atoms with Crippen molar-refractivity contribution in [2.45, 2.75) is 19.0 Å². The molecule has 1 aliphatic rings.